The Balaban J connectivity index is 1.89. The minimum Gasteiger partial charge on any atom is -0.468 e. The van der Waals surface area contributed by atoms with Gasteiger partial charge in [-0.2, -0.15) is 0 Å². The Kier molecular flexibility index (Phi) is 3.44. The van der Waals surface area contributed by atoms with Crippen LogP contribution in [-0.2, 0) is 6.54 Å². The Bertz CT molecular complexity index is 284. The molecule has 1 saturated heterocycles. The van der Waals surface area contributed by atoms with Crippen LogP contribution in [0.2, 0.25) is 0 Å². The van der Waals surface area contributed by atoms with Crippen molar-refractivity contribution in [1.82, 2.24) is 4.90 Å². The molecule has 0 saturated carbocycles. The van der Waals surface area contributed by atoms with Gasteiger partial charge in [-0.1, -0.05) is 13.3 Å². The summed E-state index contributed by atoms with van der Waals surface area (Å²) in [5, 5.41) is 0. The lowest BCUT2D eigenvalue weighted by atomic mass is 9.91. The van der Waals surface area contributed by atoms with Gasteiger partial charge in [-0.3, -0.25) is 4.90 Å². The van der Waals surface area contributed by atoms with Crippen LogP contribution in [0.25, 0.3) is 0 Å². The first kappa shape index (κ1) is 10.7. The normalized spacial score (nSPS) is 28.1. The van der Waals surface area contributed by atoms with Crippen LogP contribution in [0.3, 0.4) is 0 Å². The predicted octanol–water partition coefficient (Wildman–Crippen LogP) is 1.84. The summed E-state index contributed by atoms with van der Waals surface area (Å²) in [5.74, 6) is 1.70. The second kappa shape index (κ2) is 4.81. The third-order valence-electron chi connectivity index (χ3n) is 3.36. The number of hydrogen-bond acceptors (Lipinski definition) is 3. The van der Waals surface area contributed by atoms with E-state index in [9.17, 15) is 0 Å². The van der Waals surface area contributed by atoms with E-state index in [1.807, 2.05) is 12.1 Å². The molecule has 0 aromatic carbocycles. The number of hydrogen-bond donors (Lipinski definition) is 1. The van der Waals surface area contributed by atoms with E-state index in [4.69, 9.17) is 10.2 Å². The lowest BCUT2D eigenvalue weighted by Crippen LogP contribution is -2.46. The number of piperidine rings is 1. The number of likely N-dealkylation sites (tertiary alicyclic amines) is 1. The molecule has 2 atom stereocenters. The number of nitrogens with two attached hydrogens (primary N) is 1. The highest BCUT2D eigenvalue weighted by Gasteiger charge is 2.25. The van der Waals surface area contributed by atoms with Gasteiger partial charge in [0.2, 0.25) is 0 Å². The van der Waals surface area contributed by atoms with E-state index < -0.39 is 0 Å². The van der Waals surface area contributed by atoms with Gasteiger partial charge < -0.3 is 10.2 Å². The van der Waals surface area contributed by atoms with Crippen LogP contribution in [-0.4, -0.2) is 24.0 Å². The van der Waals surface area contributed by atoms with E-state index in [0.29, 0.717) is 12.0 Å². The lowest BCUT2D eigenvalue weighted by Gasteiger charge is -2.36. The molecule has 1 fully saturated rings. The fourth-order valence-electron chi connectivity index (χ4n) is 2.32. The summed E-state index contributed by atoms with van der Waals surface area (Å²) < 4.78 is 5.36. The summed E-state index contributed by atoms with van der Waals surface area (Å²) in [6, 6.07) is 4.38. The standard InChI is InChI=1S/C12H20N2O/c1-2-10-8-14(6-5-12(10)13)9-11-4-3-7-15-11/h3-4,7,10,12H,2,5-6,8-9,13H2,1H3. The van der Waals surface area contributed by atoms with Crippen LogP contribution in [0.15, 0.2) is 22.8 Å². The summed E-state index contributed by atoms with van der Waals surface area (Å²) in [7, 11) is 0. The van der Waals surface area contributed by atoms with Crippen molar-refractivity contribution in [2.24, 2.45) is 11.7 Å². The molecule has 1 aliphatic heterocycles. The number of nitrogens with zero attached hydrogens (tertiary/aromatic N) is 1. The summed E-state index contributed by atoms with van der Waals surface area (Å²) >= 11 is 0. The largest absolute Gasteiger partial charge is 0.468 e. The molecule has 2 heterocycles. The lowest BCUT2D eigenvalue weighted by molar-refractivity contribution is 0.137. The van der Waals surface area contributed by atoms with Crippen LogP contribution in [0.5, 0.6) is 0 Å². The van der Waals surface area contributed by atoms with E-state index in [2.05, 4.69) is 11.8 Å². The molecule has 1 aliphatic rings. The third-order valence-corrected chi connectivity index (χ3v) is 3.36. The van der Waals surface area contributed by atoms with Gasteiger partial charge in [-0.05, 0) is 24.5 Å². The van der Waals surface area contributed by atoms with Crippen molar-refractivity contribution in [2.75, 3.05) is 13.1 Å². The van der Waals surface area contributed by atoms with Crippen LogP contribution in [0.4, 0.5) is 0 Å². The van der Waals surface area contributed by atoms with Gasteiger partial charge in [0, 0.05) is 19.1 Å². The summed E-state index contributed by atoms with van der Waals surface area (Å²) in [6.45, 7) is 5.36. The molecular weight excluding hydrogens is 188 g/mol. The maximum absolute atomic E-state index is 6.07. The van der Waals surface area contributed by atoms with Crippen LogP contribution in [0, 0.1) is 5.92 Å². The first-order chi connectivity index (χ1) is 7.29. The van der Waals surface area contributed by atoms with Crippen molar-refractivity contribution in [1.29, 1.82) is 0 Å². The molecule has 0 bridgehead atoms. The average Bonchev–Trinajstić information content (AvgIpc) is 2.73. The SMILES string of the molecule is CCC1CN(Cc2ccco2)CCC1N. The molecule has 15 heavy (non-hydrogen) atoms. The van der Waals surface area contributed by atoms with Crippen LogP contribution < -0.4 is 5.73 Å². The van der Waals surface area contributed by atoms with Gasteiger partial charge in [-0.25, -0.2) is 0 Å². The molecular formula is C12H20N2O. The summed E-state index contributed by atoms with van der Waals surface area (Å²) in [5.41, 5.74) is 6.07. The first-order valence-corrected chi connectivity index (χ1v) is 5.80. The fraction of sp³-hybridized carbons (Fsp3) is 0.667. The zero-order valence-electron chi connectivity index (χ0n) is 9.36. The van der Waals surface area contributed by atoms with E-state index in [0.717, 1.165) is 31.8 Å². The molecule has 0 spiro atoms. The van der Waals surface area contributed by atoms with Gasteiger partial charge in [0.25, 0.3) is 0 Å². The molecule has 1 aromatic heterocycles. The van der Waals surface area contributed by atoms with Gasteiger partial charge in [0.15, 0.2) is 0 Å². The highest BCUT2D eigenvalue weighted by Crippen LogP contribution is 2.20. The molecule has 0 aliphatic carbocycles. The molecule has 2 unspecified atom stereocenters. The zero-order valence-corrected chi connectivity index (χ0v) is 9.36. The Hall–Kier alpha value is -0.800. The van der Waals surface area contributed by atoms with Crippen molar-refractivity contribution in [3.05, 3.63) is 24.2 Å². The van der Waals surface area contributed by atoms with Crippen LogP contribution >= 0.6 is 0 Å². The topological polar surface area (TPSA) is 42.4 Å². The molecule has 0 radical (unpaired) electrons. The van der Waals surface area contributed by atoms with Gasteiger partial charge >= 0.3 is 0 Å². The highest BCUT2D eigenvalue weighted by atomic mass is 16.3. The Morgan fingerprint density at radius 1 is 1.60 bits per heavy atom. The Morgan fingerprint density at radius 3 is 3.13 bits per heavy atom. The second-order valence-electron chi connectivity index (χ2n) is 4.44. The van der Waals surface area contributed by atoms with E-state index in [-0.39, 0.29) is 0 Å². The third kappa shape index (κ3) is 2.61. The Morgan fingerprint density at radius 2 is 2.47 bits per heavy atom. The smallest absolute Gasteiger partial charge is 0.117 e. The van der Waals surface area contributed by atoms with Gasteiger partial charge in [0.1, 0.15) is 5.76 Å². The highest BCUT2D eigenvalue weighted by molar-refractivity contribution is 4.98. The summed E-state index contributed by atoms with van der Waals surface area (Å²) in [6.07, 6.45) is 4.03. The predicted molar refractivity (Wildman–Crippen MR) is 60.4 cm³/mol. The molecule has 0 amide bonds. The summed E-state index contributed by atoms with van der Waals surface area (Å²) in [4.78, 5) is 2.44. The van der Waals surface area contributed by atoms with E-state index in [1.54, 1.807) is 6.26 Å². The fourth-order valence-corrected chi connectivity index (χ4v) is 2.32. The molecule has 84 valence electrons. The van der Waals surface area contributed by atoms with Crippen LogP contribution in [0.1, 0.15) is 25.5 Å². The van der Waals surface area contributed by atoms with Crippen molar-refractivity contribution in [3.8, 4) is 0 Å². The average molecular weight is 208 g/mol. The molecule has 1 aromatic rings. The second-order valence-corrected chi connectivity index (χ2v) is 4.44. The minimum atomic E-state index is 0.392. The first-order valence-electron chi connectivity index (χ1n) is 5.80. The number of furan rings is 1. The van der Waals surface area contributed by atoms with E-state index in [1.165, 1.54) is 6.42 Å². The van der Waals surface area contributed by atoms with Crippen molar-refractivity contribution in [2.45, 2.75) is 32.4 Å². The van der Waals surface area contributed by atoms with Crippen molar-refractivity contribution < 1.29 is 4.42 Å². The zero-order chi connectivity index (χ0) is 10.7. The number of rotatable bonds is 3. The van der Waals surface area contributed by atoms with E-state index >= 15 is 0 Å². The minimum absolute atomic E-state index is 0.392. The molecule has 2 N–H and O–H groups in total. The van der Waals surface area contributed by atoms with Crippen molar-refractivity contribution >= 4 is 0 Å². The monoisotopic (exact) mass is 208 g/mol. The molecule has 3 nitrogen and oxygen atoms in total. The maximum atomic E-state index is 6.07. The van der Waals surface area contributed by atoms with Crippen molar-refractivity contribution in [3.63, 3.8) is 0 Å². The van der Waals surface area contributed by atoms with Gasteiger partial charge in [-0.15, -0.1) is 0 Å². The maximum Gasteiger partial charge on any atom is 0.117 e. The Labute approximate surface area is 91.2 Å². The molecule has 3 heteroatoms. The quantitative estimate of drug-likeness (QED) is 0.824. The van der Waals surface area contributed by atoms with Gasteiger partial charge in [0.05, 0.1) is 12.8 Å². The molecule has 2 rings (SSSR count).